The maximum Gasteiger partial charge on any atom is 0.143 e. The summed E-state index contributed by atoms with van der Waals surface area (Å²) in [4.78, 5) is 5.05. The minimum atomic E-state index is -0.0153. The zero-order chi connectivity index (χ0) is 35.2. The second-order valence-corrected chi connectivity index (χ2v) is 16.5. The summed E-state index contributed by atoms with van der Waals surface area (Å²) in [6.07, 6.45) is 32.0. The van der Waals surface area contributed by atoms with E-state index in [1.165, 1.54) is 81.0 Å². The fourth-order valence-electron chi connectivity index (χ4n) is 8.17. The molecule has 49 heavy (non-hydrogen) atoms. The monoisotopic (exact) mass is 692 g/mol. The molecule has 8 heteroatoms. The average molecular weight is 692 g/mol. The zero-order valence-electron chi connectivity index (χ0n) is 31.8. The average Bonchev–Trinajstić information content (AvgIpc) is 3.37. The summed E-state index contributed by atoms with van der Waals surface area (Å²) in [5.74, 6) is 3.12. The van der Waals surface area contributed by atoms with Crippen LogP contribution < -0.4 is 21.1 Å². The van der Waals surface area contributed by atoms with E-state index in [0.717, 1.165) is 61.3 Å². The number of hydrazine groups is 1. The van der Waals surface area contributed by atoms with Crippen LogP contribution in [0.5, 0.6) is 0 Å². The quantitative estimate of drug-likeness (QED) is 0.121. The molecule has 5 N–H and O–H groups in total. The second kappa shape index (κ2) is 19.8. The molecule has 1 saturated carbocycles. The van der Waals surface area contributed by atoms with E-state index in [2.05, 4.69) is 97.1 Å². The van der Waals surface area contributed by atoms with Gasteiger partial charge in [-0.2, -0.15) is 0 Å². The third-order valence-electron chi connectivity index (χ3n) is 11.3. The highest BCUT2D eigenvalue weighted by Crippen LogP contribution is 2.40. The van der Waals surface area contributed by atoms with Crippen LogP contribution >= 0.6 is 11.9 Å². The molecule has 1 saturated heterocycles. The molecule has 4 rings (SSSR count). The van der Waals surface area contributed by atoms with Gasteiger partial charge in [-0.25, -0.2) is 9.73 Å². The lowest BCUT2D eigenvalue weighted by molar-refractivity contribution is 0.0558. The van der Waals surface area contributed by atoms with Crippen LogP contribution in [0.2, 0.25) is 0 Å². The molecule has 0 spiro atoms. The first-order chi connectivity index (χ1) is 23.6. The summed E-state index contributed by atoms with van der Waals surface area (Å²) in [7, 11) is 4.20. The van der Waals surface area contributed by atoms with Crippen molar-refractivity contribution in [3.05, 3.63) is 71.1 Å². The van der Waals surface area contributed by atoms with Crippen LogP contribution in [0, 0.1) is 23.2 Å². The Hall–Kier alpha value is -2.42. The maximum atomic E-state index is 6.06. The van der Waals surface area contributed by atoms with Crippen LogP contribution in [0.3, 0.4) is 0 Å². The molecule has 0 amide bonds. The van der Waals surface area contributed by atoms with Gasteiger partial charge in [-0.3, -0.25) is 10.0 Å². The molecule has 2 heterocycles. The molecule has 4 unspecified atom stereocenters. The van der Waals surface area contributed by atoms with E-state index in [-0.39, 0.29) is 12.1 Å². The van der Waals surface area contributed by atoms with Crippen molar-refractivity contribution in [3.63, 3.8) is 0 Å². The number of aliphatic imine (C=N–C) groups is 1. The van der Waals surface area contributed by atoms with Gasteiger partial charge >= 0.3 is 0 Å². The van der Waals surface area contributed by atoms with Crippen molar-refractivity contribution in [2.45, 2.75) is 123 Å². The van der Waals surface area contributed by atoms with Crippen LogP contribution in [0.25, 0.3) is 0 Å². The van der Waals surface area contributed by atoms with E-state index in [9.17, 15) is 0 Å². The van der Waals surface area contributed by atoms with E-state index in [1.807, 2.05) is 19.2 Å². The molecular weight excluding hydrogens is 623 g/mol. The van der Waals surface area contributed by atoms with Crippen molar-refractivity contribution < 1.29 is 0 Å². The first-order valence-electron chi connectivity index (χ1n) is 19.4. The van der Waals surface area contributed by atoms with Crippen molar-refractivity contribution >= 4 is 17.8 Å². The van der Waals surface area contributed by atoms with Crippen LogP contribution in [-0.4, -0.2) is 61.7 Å². The summed E-state index contributed by atoms with van der Waals surface area (Å²) in [6.45, 7) is 16.7. The Balaban J connectivity index is 1.56. The van der Waals surface area contributed by atoms with Gasteiger partial charge in [0.2, 0.25) is 0 Å². The highest BCUT2D eigenvalue weighted by Gasteiger charge is 2.31. The summed E-state index contributed by atoms with van der Waals surface area (Å²) in [6, 6.07) is 0.214. The van der Waals surface area contributed by atoms with Gasteiger partial charge in [0.05, 0.1) is 23.7 Å². The lowest BCUT2D eigenvalue weighted by Gasteiger charge is -2.39. The van der Waals surface area contributed by atoms with E-state index in [1.54, 1.807) is 0 Å². The first-order valence-corrected chi connectivity index (χ1v) is 20.2. The van der Waals surface area contributed by atoms with Gasteiger partial charge in [0.1, 0.15) is 5.84 Å². The molecule has 0 aromatic rings. The SMILES string of the molecule is C=C(NCC(NCCC1CCCCC(C)(CCC)CC1)=C1CCCN(C)N(C2C=CC[C@H](C(C)C)/C=C\C2)C1=NC)C1C=CC=C(N)SN1. The zero-order valence-corrected chi connectivity index (χ0v) is 32.6. The fraction of sp³-hybridized carbons (Fsp3) is 0.683. The number of hydrogen-bond donors (Lipinski definition) is 4. The van der Waals surface area contributed by atoms with Crippen molar-refractivity contribution in [1.82, 2.24) is 25.4 Å². The van der Waals surface area contributed by atoms with E-state index < -0.39 is 0 Å². The molecule has 4 aliphatic rings. The Morgan fingerprint density at radius 1 is 1.12 bits per heavy atom. The molecule has 2 aliphatic carbocycles. The summed E-state index contributed by atoms with van der Waals surface area (Å²) >= 11 is 1.46. The van der Waals surface area contributed by atoms with Crippen molar-refractivity contribution in [2.24, 2.45) is 33.9 Å². The molecule has 5 atom stereocenters. The molecule has 0 radical (unpaired) electrons. The second-order valence-electron chi connectivity index (χ2n) is 15.6. The van der Waals surface area contributed by atoms with Crippen LogP contribution in [0.15, 0.2) is 76.1 Å². The predicted molar refractivity (Wildman–Crippen MR) is 214 cm³/mol. The summed E-state index contributed by atoms with van der Waals surface area (Å²) < 4.78 is 3.44. The standard InChI is InChI=1S/C41H69N7S/c1-8-25-41(5)26-10-9-15-33(23-27-41)24-28-44-38(30-45-32(4)37-21-13-22-39(42)49-46-37)36-20-14-29-47(7)48(40(36)43-6)35-18-11-16-34(31(2)3)17-12-19-35/h11-13,16,19,21-22,31,33-35,37,44-46H,4,8-10,14-15,17-18,20,23-30,42H2,1-3,5-7H3/b16-11-,19-12?,38-36?,43-40?/t33?,34-,35?,37?,41?/m1/s1. The Kier molecular flexibility index (Phi) is 15.9. The molecule has 2 fully saturated rings. The lowest BCUT2D eigenvalue weighted by atomic mass is 9.72. The third-order valence-corrected chi connectivity index (χ3v) is 12.1. The number of nitrogens with one attached hydrogen (secondary N) is 3. The van der Waals surface area contributed by atoms with Crippen molar-refractivity contribution in [3.8, 4) is 0 Å². The third kappa shape index (κ3) is 11.8. The molecule has 0 bridgehead atoms. The molecule has 2 aliphatic heterocycles. The molecular formula is C41H69N7S. The van der Waals surface area contributed by atoms with E-state index in [0.29, 0.717) is 23.8 Å². The minimum absolute atomic E-state index is 0.0153. The summed E-state index contributed by atoms with van der Waals surface area (Å²) in [5, 5.41) is 13.4. The first kappa shape index (κ1) is 39.4. The number of allylic oxidation sites excluding steroid dienone is 4. The highest BCUT2D eigenvalue weighted by atomic mass is 32.2. The Morgan fingerprint density at radius 2 is 1.94 bits per heavy atom. The van der Waals surface area contributed by atoms with Gasteiger partial charge in [-0.05, 0) is 99.0 Å². The smallest absolute Gasteiger partial charge is 0.143 e. The largest absolute Gasteiger partial charge is 0.393 e. The highest BCUT2D eigenvalue weighted by molar-refractivity contribution is 8.01. The van der Waals surface area contributed by atoms with Crippen LogP contribution in [0.4, 0.5) is 0 Å². The molecule has 0 aromatic heterocycles. The Labute approximate surface area is 304 Å². The topological polar surface area (TPSA) is 81.0 Å². The Morgan fingerprint density at radius 3 is 2.71 bits per heavy atom. The maximum absolute atomic E-state index is 6.06. The number of amidine groups is 1. The van der Waals surface area contributed by atoms with E-state index in [4.69, 9.17) is 10.7 Å². The van der Waals surface area contributed by atoms with E-state index >= 15 is 0 Å². The fourth-order valence-corrected chi connectivity index (χ4v) is 8.80. The van der Waals surface area contributed by atoms with Crippen LogP contribution in [-0.2, 0) is 0 Å². The van der Waals surface area contributed by atoms with Gasteiger partial charge in [0.25, 0.3) is 0 Å². The Bertz CT molecular complexity index is 1250. The number of nitrogens with two attached hydrogens (primary N) is 1. The van der Waals surface area contributed by atoms with Crippen LogP contribution in [0.1, 0.15) is 111 Å². The molecule has 0 aromatic carbocycles. The molecule has 274 valence electrons. The van der Waals surface area contributed by atoms with Gasteiger partial charge < -0.3 is 16.4 Å². The van der Waals surface area contributed by atoms with Gasteiger partial charge in [-0.15, -0.1) is 0 Å². The van der Waals surface area contributed by atoms with Gasteiger partial charge in [0, 0.05) is 44.2 Å². The predicted octanol–water partition coefficient (Wildman–Crippen LogP) is 8.59. The number of nitrogens with zero attached hydrogens (tertiary/aromatic N) is 3. The lowest BCUT2D eigenvalue weighted by Crippen LogP contribution is -2.50. The normalized spacial score (nSPS) is 31.5. The number of rotatable bonds is 12. The van der Waals surface area contributed by atoms with Crippen molar-refractivity contribution in [1.29, 1.82) is 0 Å². The van der Waals surface area contributed by atoms with Gasteiger partial charge in [-0.1, -0.05) is 96.4 Å². The summed E-state index contributed by atoms with van der Waals surface area (Å²) in [5.41, 5.74) is 10.1. The van der Waals surface area contributed by atoms with Crippen molar-refractivity contribution in [2.75, 3.05) is 33.7 Å². The minimum Gasteiger partial charge on any atom is -0.393 e. The number of hydrogen-bond acceptors (Lipinski definition) is 7. The van der Waals surface area contributed by atoms with Gasteiger partial charge in [0.15, 0.2) is 0 Å². The molecule has 7 nitrogen and oxygen atoms in total.